The summed E-state index contributed by atoms with van der Waals surface area (Å²) in [4.78, 5) is 1.40. The number of benzene rings is 1. The molecule has 0 saturated heterocycles. The van der Waals surface area contributed by atoms with Crippen LogP contribution >= 0.6 is 11.3 Å². The summed E-state index contributed by atoms with van der Waals surface area (Å²) in [6, 6.07) is 15.3. The monoisotopic (exact) mass is 274 g/mol. The molecule has 1 heterocycles. The Labute approximate surface area is 116 Å². The average molecular weight is 275 g/mol. The molecule has 0 spiro atoms. The van der Waals surface area contributed by atoms with Crippen LogP contribution in [0.1, 0.15) is 20.8 Å². The Morgan fingerprint density at radius 1 is 0.889 bits per heavy atom. The molecule has 2 aromatic rings. The van der Waals surface area contributed by atoms with E-state index in [1.165, 1.54) is 10.4 Å². The molecule has 0 aliphatic carbocycles. The summed E-state index contributed by atoms with van der Waals surface area (Å²) >= 11 is 1.98. The van der Waals surface area contributed by atoms with Crippen LogP contribution < -0.4 is 4.50 Å². The molecule has 0 bridgehead atoms. The van der Waals surface area contributed by atoms with Gasteiger partial charge < -0.3 is 0 Å². The van der Waals surface area contributed by atoms with Crippen molar-refractivity contribution in [1.82, 2.24) is 0 Å². The summed E-state index contributed by atoms with van der Waals surface area (Å²) in [5.74, 6) is 0. The molecule has 2 rings (SSSR count). The number of hydrogen-bond donors (Lipinski definition) is 0. The maximum absolute atomic E-state index is 2.48. The van der Waals surface area contributed by atoms with Crippen molar-refractivity contribution in [3.8, 4) is 10.4 Å². The molecular formula is C16H22SSi. The third-order valence-electron chi connectivity index (χ3n) is 4.16. The van der Waals surface area contributed by atoms with Gasteiger partial charge in [0.15, 0.2) is 0 Å². The van der Waals surface area contributed by atoms with E-state index in [0.29, 0.717) is 5.04 Å². The molecule has 0 N–H and O–H groups in total. The van der Waals surface area contributed by atoms with E-state index in [1.807, 2.05) is 11.3 Å². The molecule has 0 amide bonds. The third kappa shape index (κ3) is 2.45. The Kier molecular flexibility index (Phi) is 3.52. The zero-order chi connectivity index (χ0) is 13.4. The van der Waals surface area contributed by atoms with Gasteiger partial charge in [0.1, 0.15) is 0 Å². The summed E-state index contributed by atoms with van der Waals surface area (Å²) in [7, 11) is -1.37. The van der Waals surface area contributed by atoms with Crippen molar-refractivity contribution in [2.45, 2.75) is 38.9 Å². The SMILES string of the molecule is CC(C)(C)[Si](C)(C)c1ccc(-c2ccccc2)s1. The molecule has 18 heavy (non-hydrogen) atoms. The predicted octanol–water partition coefficient (Wildman–Crippen LogP) is 5.13. The molecule has 0 fully saturated rings. The highest BCUT2D eigenvalue weighted by Gasteiger charge is 2.37. The molecule has 0 aliphatic heterocycles. The Hall–Kier alpha value is -0.863. The molecule has 1 aromatic heterocycles. The molecule has 0 unspecified atom stereocenters. The van der Waals surface area contributed by atoms with Crippen LogP contribution in [0.2, 0.25) is 18.1 Å². The smallest absolute Gasteiger partial charge is 0.0987 e. The van der Waals surface area contributed by atoms with Crippen LogP contribution in [-0.2, 0) is 0 Å². The fourth-order valence-corrected chi connectivity index (χ4v) is 6.07. The van der Waals surface area contributed by atoms with Crippen molar-refractivity contribution in [3.63, 3.8) is 0 Å². The second kappa shape index (κ2) is 4.67. The third-order valence-corrected chi connectivity index (χ3v) is 12.1. The van der Waals surface area contributed by atoms with Gasteiger partial charge in [0.05, 0.1) is 8.07 Å². The zero-order valence-corrected chi connectivity index (χ0v) is 13.8. The van der Waals surface area contributed by atoms with E-state index in [0.717, 1.165) is 0 Å². The van der Waals surface area contributed by atoms with Crippen LogP contribution in [0.25, 0.3) is 10.4 Å². The van der Waals surface area contributed by atoms with Crippen LogP contribution in [0.5, 0.6) is 0 Å². The lowest BCUT2D eigenvalue weighted by molar-refractivity contribution is 0.730. The van der Waals surface area contributed by atoms with Crippen molar-refractivity contribution in [2.24, 2.45) is 0 Å². The number of rotatable bonds is 2. The highest BCUT2D eigenvalue weighted by molar-refractivity contribution is 7.29. The fourth-order valence-electron chi connectivity index (χ4n) is 1.80. The quantitative estimate of drug-likeness (QED) is 0.666. The van der Waals surface area contributed by atoms with Gasteiger partial charge in [-0.2, -0.15) is 0 Å². The second-order valence-corrected chi connectivity index (χ2v) is 13.1. The van der Waals surface area contributed by atoms with Crippen molar-refractivity contribution < 1.29 is 0 Å². The van der Waals surface area contributed by atoms with Gasteiger partial charge in [-0.1, -0.05) is 70.3 Å². The highest BCUT2D eigenvalue weighted by atomic mass is 32.1. The van der Waals surface area contributed by atoms with Gasteiger partial charge >= 0.3 is 0 Å². The van der Waals surface area contributed by atoms with Gasteiger partial charge in [-0.15, -0.1) is 11.3 Å². The molecule has 0 nitrogen and oxygen atoms in total. The van der Waals surface area contributed by atoms with Crippen molar-refractivity contribution >= 4 is 23.9 Å². The van der Waals surface area contributed by atoms with Crippen molar-refractivity contribution in [1.29, 1.82) is 0 Å². The van der Waals surface area contributed by atoms with E-state index in [1.54, 1.807) is 4.50 Å². The maximum atomic E-state index is 2.48. The maximum Gasteiger partial charge on any atom is 0.0987 e. The highest BCUT2D eigenvalue weighted by Crippen LogP contribution is 2.38. The van der Waals surface area contributed by atoms with Gasteiger partial charge in [0.25, 0.3) is 0 Å². The van der Waals surface area contributed by atoms with Crippen LogP contribution in [0, 0.1) is 0 Å². The fraction of sp³-hybridized carbons (Fsp3) is 0.375. The van der Waals surface area contributed by atoms with Gasteiger partial charge in [-0.3, -0.25) is 0 Å². The normalized spacial score (nSPS) is 12.7. The molecule has 0 aliphatic rings. The first-order valence-electron chi connectivity index (χ1n) is 6.48. The molecule has 0 atom stereocenters. The van der Waals surface area contributed by atoms with Crippen molar-refractivity contribution in [2.75, 3.05) is 0 Å². The van der Waals surface area contributed by atoms with Crippen LogP contribution in [0.15, 0.2) is 42.5 Å². The lowest BCUT2D eigenvalue weighted by atomic mass is 10.2. The largest absolute Gasteiger partial charge is 0.145 e. The van der Waals surface area contributed by atoms with Crippen LogP contribution in [0.3, 0.4) is 0 Å². The van der Waals surface area contributed by atoms with Crippen LogP contribution in [0.4, 0.5) is 0 Å². The molecule has 1 aromatic carbocycles. The first-order chi connectivity index (χ1) is 8.32. The number of hydrogen-bond acceptors (Lipinski definition) is 1. The summed E-state index contributed by atoms with van der Waals surface area (Å²) in [6.07, 6.45) is 0. The first-order valence-corrected chi connectivity index (χ1v) is 10.3. The lowest BCUT2D eigenvalue weighted by Crippen LogP contribution is -2.47. The van der Waals surface area contributed by atoms with E-state index in [9.17, 15) is 0 Å². The molecular weight excluding hydrogens is 252 g/mol. The predicted molar refractivity (Wildman–Crippen MR) is 86.6 cm³/mol. The Morgan fingerprint density at radius 2 is 1.50 bits per heavy atom. The molecule has 2 heteroatoms. The minimum Gasteiger partial charge on any atom is -0.145 e. The lowest BCUT2D eigenvalue weighted by Gasteiger charge is -2.35. The topological polar surface area (TPSA) is 0 Å². The van der Waals surface area contributed by atoms with Crippen molar-refractivity contribution in [3.05, 3.63) is 42.5 Å². The Morgan fingerprint density at radius 3 is 2.06 bits per heavy atom. The zero-order valence-electron chi connectivity index (χ0n) is 11.9. The van der Waals surface area contributed by atoms with E-state index < -0.39 is 8.07 Å². The summed E-state index contributed by atoms with van der Waals surface area (Å²) in [6.45, 7) is 12.1. The molecule has 96 valence electrons. The molecule has 0 radical (unpaired) electrons. The van der Waals surface area contributed by atoms with E-state index in [2.05, 4.69) is 76.3 Å². The Balaban J connectivity index is 2.38. The van der Waals surface area contributed by atoms with Gasteiger partial charge in [0, 0.05) is 4.88 Å². The van der Waals surface area contributed by atoms with E-state index in [4.69, 9.17) is 0 Å². The van der Waals surface area contributed by atoms with Gasteiger partial charge in [-0.05, 0) is 21.2 Å². The minimum atomic E-state index is -1.37. The summed E-state index contributed by atoms with van der Waals surface area (Å²) in [5, 5.41) is 0.409. The van der Waals surface area contributed by atoms with Crippen LogP contribution in [-0.4, -0.2) is 8.07 Å². The second-order valence-electron chi connectivity index (χ2n) is 6.40. The number of thiophene rings is 1. The standard InChI is InChI=1S/C16H22SSi/c1-16(2,3)18(4,5)15-12-11-14(17-15)13-9-7-6-8-10-13/h6-12H,1-5H3. The summed E-state index contributed by atoms with van der Waals surface area (Å²) < 4.78 is 1.61. The van der Waals surface area contributed by atoms with Gasteiger partial charge in [-0.25, -0.2) is 0 Å². The minimum absolute atomic E-state index is 0.409. The van der Waals surface area contributed by atoms with E-state index >= 15 is 0 Å². The average Bonchev–Trinajstić information content (AvgIpc) is 2.78. The van der Waals surface area contributed by atoms with Gasteiger partial charge in [0.2, 0.25) is 0 Å². The summed E-state index contributed by atoms with van der Waals surface area (Å²) in [5.41, 5.74) is 1.34. The van der Waals surface area contributed by atoms with E-state index in [-0.39, 0.29) is 0 Å². The Bertz CT molecular complexity index is 518. The first kappa shape index (κ1) is 13.6. The molecule has 0 saturated carbocycles.